The number of rotatable bonds is 8. The molecule has 32 heavy (non-hydrogen) atoms. The highest BCUT2D eigenvalue weighted by atomic mass is 32.2. The van der Waals surface area contributed by atoms with Crippen molar-refractivity contribution in [1.82, 2.24) is 20.2 Å². The van der Waals surface area contributed by atoms with Crippen molar-refractivity contribution >= 4 is 40.1 Å². The Balaban J connectivity index is 1.33. The molecule has 1 amide bonds. The van der Waals surface area contributed by atoms with E-state index in [0.29, 0.717) is 11.7 Å². The smallest absolute Gasteiger partial charge is 0.264 e. The van der Waals surface area contributed by atoms with Gasteiger partial charge in [0.25, 0.3) is 5.95 Å². The van der Waals surface area contributed by atoms with Crippen molar-refractivity contribution in [2.75, 3.05) is 17.0 Å². The van der Waals surface area contributed by atoms with Crippen molar-refractivity contribution in [2.24, 2.45) is 5.10 Å². The van der Waals surface area contributed by atoms with E-state index < -0.39 is 0 Å². The van der Waals surface area contributed by atoms with Gasteiger partial charge in [0.05, 0.1) is 11.5 Å². The van der Waals surface area contributed by atoms with Crippen LogP contribution >= 0.6 is 11.8 Å². The average molecular weight is 446 g/mol. The zero-order valence-corrected chi connectivity index (χ0v) is 18.3. The normalized spacial score (nSPS) is 11.5. The van der Waals surface area contributed by atoms with Crippen LogP contribution in [0.4, 0.5) is 5.95 Å². The number of carbonyl (C=O) groups excluding carboxylic acids is 1. The van der Waals surface area contributed by atoms with Gasteiger partial charge in [0.15, 0.2) is 0 Å². The number of nitrogens with two attached hydrogens (primary N) is 1. The highest BCUT2D eigenvalue weighted by Crippen LogP contribution is 2.18. The average Bonchev–Trinajstić information content (AvgIpc) is 3.19. The van der Waals surface area contributed by atoms with Gasteiger partial charge in [0, 0.05) is 6.54 Å². The quantitative estimate of drug-likeness (QED) is 0.166. The molecule has 4 aromatic rings. The summed E-state index contributed by atoms with van der Waals surface area (Å²) in [4.78, 5) is 12.1. The molecule has 162 valence electrons. The van der Waals surface area contributed by atoms with Gasteiger partial charge in [0.2, 0.25) is 11.1 Å². The molecular formula is C23H23N7OS. The summed E-state index contributed by atoms with van der Waals surface area (Å²) < 4.78 is 1.28. The maximum Gasteiger partial charge on any atom is 0.264 e. The van der Waals surface area contributed by atoms with E-state index in [1.807, 2.05) is 55.5 Å². The summed E-state index contributed by atoms with van der Waals surface area (Å²) in [6.45, 7) is 2.38. The van der Waals surface area contributed by atoms with Crippen LogP contribution in [0.1, 0.15) is 18.1 Å². The molecule has 1 heterocycles. The molecule has 0 radical (unpaired) electrons. The maximum atomic E-state index is 12.1. The van der Waals surface area contributed by atoms with Crippen molar-refractivity contribution in [3.63, 3.8) is 0 Å². The first kappa shape index (κ1) is 21.4. The number of hydrogen-bond donors (Lipinski definition) is 3. The first-order chi connectivity index (χ1) is 15.6. The largest absolute Gasteiger partial charge is 0.351 e. The topological polar surface area (TPSA) is 110 Å². The number of nitrogens with zero attached hydrogens (tertiary/aromatic N) is 4. The number of benzene rings is 3. The minimum Gasteiger partial charge on any atom is -0.351 e. The molecule has 0 aliphatic carbocycles. The van der Waals surface area contributed by atoms with E-state index in [-0.39, 0.29) is 17.6 Å². The Morgan fingerprint density at radius 2 is 1.78 bits per heavy atom. The lowest BCUT2D eigenvalue weighted by Gasteiger charge is -2.06. The van der Waals surface area contributed by atoms with Crippen LogP contribution in [0.2, 0.25) is 0 Å². The van der Waals surface area contributed by atoms with Gasteiger partial charge in [-0.3, -0.25) is 4.79 Å². The molecule has 0 aliphatic heterocycles. The van der Waals surface area contributed by atoms with Gasteiger partial charge in [-0.25, -0.2) is 10.1 Å². The number of nitrogen functional groups attached to an aromatic ring is 1. The second kappa shape index (κ2) is 9.97. The van der Waals surface area contributed by atoms with E-state index in [2.05, 4.69) is 50.3 Å². The molecule has 0 saturated carbocycles. The molecule has 9 heteroatoms. The Hall–Kier alpha value is -3.85. The third-order valence-electron chi connectivity index (χ3n) is 4.82. The predicted octanol–water partition coefficient (Wildman–Crippen LogP) is 3.39. The van der Waals surface area contributed by atoms with E-state index in [0.717, 1.165) is 22.2 Å². The molecule has 0 atom stereocenters. The van der Waals surface area contributed by atoms with Crippen LogP contribution in [0.25, 0.3) is 10.8 Å². The molecule has 0 bridgehead atoms. The van der Waals surface area contributed by atoms with Gasteiger partial charge in [0.1, 0.15) is 0 Å². The Morgan fingerprint density at radius 3 is 2.59 bits per heavy atom. The van der Waals surface area contributed by atoms with Gasteiger partial charge >= 0.3 is 0 Å². The number of carbonyl (C=O) groups is 1. The third kappa shape index (κ3) is 5.25. The maximum absolute atomic E-state index is 12.1. The monoisotopic (exact) mass is 445 g/mol. The molecule has 4 rings (SSSR count). The van der Waals surface area contributed by atoms with Crippen LogP contribution in [0, 0.1) is 0 Å². The minimum absolute atomic E-state index is 0.110. The number of aromatic nitrogens is 3. The zero-order valence-electron chi connectivity index (χ0n) is 17.5. The Bertz CT molecular complexity index is 1250. The molecule has 0 spiro atoms. The molecule has 3 aromatic carbocycles. The third-order valence-corrected chi connectivity index (χ3v) is 5.76. The van der Waals surface area contributed by atoms with Crippen LogP contribution < -0.4 is 16.6 Å². The molecule has 8 nitrogen and oxygen atoms in total. The second-order valence-electron chi connectivity index (χ2n) is 7.10. The van der Waals surface area contributed by atoms with Crippen molar-refractivity contribution in [1.29, 1.82) is 0 Å². The number of amides is 1. The first-order valence-electron chi connectivity index (χ1n) is 10.0. The van der Waals surface area contributed by atoms with E-state index >= 15 is 0 Å². The van der Waals surface area contributed by atoms with Crippen molar-refractivity contribution in [3.05, 3.63) is 83.9 Å². The fourth-order valence-corrected chi connectivity index (χ4v) is 3.73. The van der Waals surface area contributed by atoms with E-state index in [1.165, 1.54) is 21.8 Å². The predicted molar refractivity (Wildman–Crippen MR) is 129 cm³/mol. The lowest BCUT2D eigenvalue weighted by molar-refractivity contribution is -0.118. The molecular weight excluding hydrogens is 422 g/mol. The van der Waals surface area contributed by atoms with E-state index in [9.17, 15) is 4.79 Å². The highest BCUT2D eigenvalue weighted by Gasteiger charge is 2.12. The lowest BCUT2D eigenvalue weighted by Crippen LogP contribution is -2.25. The van der Waals surface area contributed by atoms with E-state index in [4.69, 9.17) is 5.84 Å². The van der Waals surface area contributed by atoms with Crippen LogP contribution in [-0.2, 0) is 11.3 Å². The number of anilines is 1. The van der Waals surface area contributed by atoms with Gasteiger partial charge < -0.3 is 11.2 Å². The van der Waals surface area contributed by atoms with Crippen molar-refractivity contribution < 1.29 is 4.79 Å². The summed E-state index contributed by atoms with van der Waals surface area (Å²) >= 11 is 1.21. The fourth-order valence-electron chi connectivity index (χ4n) is 3.04. The molecule has 1 aromatic heterocycles. The highest BCUT2D eigenvalue weighted by molar-refractivity contribution is 7.99. The summed E-state index contributed by atoms with van der Waals surface area (Å²) in [5, 5.41) is 18.0. The van der Waals surface area contributed by atoms with Crippen LogP contribution in [0.15, 0.2) is 83.1 Å². The Labute approximate surface area is 189 Å². The van der Waals surface area contributed by atoms with Gasteiger partial charge in [-0.15, -0.1) is 10.2 Å². The summed E-state index contributed by atoms with van der Waals surface area (Å²) in [6.07, 6.45) is 0. The van der Waals surface area contributed by atoms with E-state index in [1.54, 1.807) is 0 Å². The summed E-state index contributed by atoms with van der Waals surface area (Å²) in [7, 11) is 0. The fraction of sp³-hybridized carbons (Fsp3) is 0.130. The lowest BCUT2D eigenvalue weighted by atomic mass is 10.0. The zero-order chi connectivity index (χ0) is 22.3. The van der Waals surface area contributed by atoms with Crippen molar-refractivity contribution in [3.8, 4) is 0 Å². The molecule has 0 unspecified atom stereocenters. The Kier molecular flexibility index (Phi) is 6.66. The summed E-state index contributed by atoms with van der Waals surface area (Å²) in [5.41, 5.74) is 5.67. The van der Waals surface area contributed by atoms with Gasteiger partial charge in [-0.1, -0.05) is 78.5 Å². The number of hydrogen-bond acceptors (Lipinski definition) is 7. The van der Waals surface area contributed by atoms with Crippen LogP contribution in [0.3, 0.4) is 0 Å². The summed E-state index contributed by atoms with van der Waals surface area (Å²) in [5.74, 6) is 6.42. The second-order valence-corrected chi connectivity index (χ2v) is 8.04. The van der Waals surface area contributed by atoms with Crippen LogP contribution in [0.5, 0.6) is 0 Å². The van der Waals surface area contributed by atoms with Gasteiger partial charge in [-0.05, 0) is 34.9 Å². The molecule has 0 aliphatic rings. The number of nitrogens with one attached hydrogen (secondary N) is 2. The van der Waals surface area contributed by atoms with Crippen molar-refractivity contribution in [2.45, 2.75) is 18.6 Å². The first-order valence-corrected chi connectivity index (χ1v) is 11.0. The number of hydrazone groups is 1. The molecule has 4 N–H and O–H groups in total. The number of thioether (sulfide) groups is 1. The van der Waals surface area contributed by atoms with Gasteiger partial charge in [-0.2, -0.15) is 5.10 Å². The molecule has 0 fully saturated rings. The standard InChI is InChI=1S/C23H23N7OS/c1-16(19-12-11-18-9-5-6-10-20(18)13-19)26-27-22-28-29-23(30(22)24)32-15-21(31)25-14-17-7-3-2-4-8-17/h2-13H,14-15,24H2,1H3,(H,25,31)(H,27,28)/b26-16+. The molecule has 0 saturated heterocycles. The minimum atomic E-state index is -0.110. The SMILES string of the molecule is C/C(=N\Nc1nnc(SCC(=O)NCc2ccccc2)n1N)c1ccc2ccccc2c1. The Morgan fingerprint density at radius 1 is 1.03 bits per heavy atom. The number of fused-ring (bicyclic) bond motifs is 1. The summed E-state index contributed by atoms with van der Waals surface area (Å²) in [6, 6.07) is 24.1. The van der Waals surface area contributed by atoms with Crippen LogP contribution in [-0.4, -0.2) is 32.2 Å².